The van der Waals surface area contributed by atoms with Gasteiger partial charge >= 0.3 is 0 Å². The monoisotopic (exact) mass is 495 g/mol. The Morgan fingerprint density at radius 3 is 2.37 bits per heavy atom. The molecule has 0 aliphatic heterocycles. The molecule has 2 aromatic rings. The highest BCUT2D eigenvalue weighted by Gasteiger charge is 2.29. The van der Waals surface area contributed by atoms with Crippen LogP contribution >= 0.6 is 15.9 Å². The average molecular weight is 496 g/mol. The van der Waals surface area contributed by atoms with E-state index in [4.69, 9.17) is 0 Å². The van der Waals surface area contributed by atoms with E-state index in [9.17, 15) is 18.0 Å². The number of anilines is 1. The molecule has 9 heteroatoms. The van der Waals surface area contributed by atoms with Crippen molar-refractivity contribution in [2.75, 3.05) is 24.2 Å². The summed E-state index contributed by atoms with van der Waals surface area (Å²) in [4.78, 5) is 26.9. The van der Waals surface area contributed by atoms with Crippen LogP contribution in [0.4, 0.5) is 5.69 Å². The summed E-state index contributed by atoms with van der Waals surface area (Å²) in [6.07, 6.45) is 1.05. The van der Waals surface area contributed by atoms with Crippen molar-refractivity contribution in [2.45, 2.75) is 26.4 Å². The van der Waals surface area contributed by atoms with Gasteiger partial charge in [0.15, 0.2) is 0 Å². The Morgan fingerprint density at radius 2 is 1.80 bits per heavy atom. The minimum atomic E-state index is -3.73. The van der Waals surface area contributed by atoms with E-state index >= 15 is 0 Å². The van der Waals surface area contributed by atoms with Gasteiger partial charge in [0.25, 0.3) is 0 Å². The highest BCUT2D eigenvalue weighted by Crippen LogP contribution is 2.23. The van der Waals surface area contributed by atoms with Crippen molar-refractivity contribution in [1.82, 2.24) is 10.2 Å². The van der Waals surface area contributed by atoms with E-state index in [2.05, 4.69) is 21.2 Å². The summed E-state index contributed by atoms with van der Waals surface area (Å²) in [7, 11) is -2.23. The molecule has 0 saturated carbocycles. The lowest BCUT2D eigenvalue weighted by Crippen LogP contribution is -2.50. The fourth-order valence-electron chi connectivity index (χ4n) is 3.04. The van der Waals surface area contributed by atoms with Crippen LogP contribution in [0.15, 0.2) is 53.0 Å². The number of carbonyl (C=O) groups excluding carboxylic acids is 2. The van der Waals surface area contributed by atoms with Crippen molar-refractivity contribution in [1.29, 1.82) is 0 Å². The molecule has 7 nitrogen and oxygen atoms in total. The van der Waals surface area contributed by atoms with E-state index in [1.807, 2.05) is 31.2 Å². The van der Waals surface area contributed by atoms with Gasteiger partial charge in [-0.05, 0) is 37.6 Å². The second kappa shape index (κ2) is 10.1. The highest BCUT2D eigenvalue weighted by atomic mass is 79.9. The largest absolute Gasteiger partial charge is 0.357 e. The molecule has 0 unspecified atom stereocenters. The Balaban J connectivity index is 2.38. The molecule has 0 bridgehead atoms. The molecule has 2 rings (SSSR count). The third-order valence-electron chi connectivity index (χ3n) is 4.62. The van der Waals surface area contributed by atoms with Gasteiger partial charge in [0.05, 0.1) is 11.9 Å². The summed E-state index contributed by atoms with van der Waals surface area (Å²) in [5, 5.41) is 2.55. The first-order valence-corrected chi connectivity index (χ1v) is 12.0. The van der Waals surface area contributed by atoms with Crippen molar-refractivity contribution in [2.24, 2.45) is 0 Å². The highest BCUT2D eigenvalue weighted by molar-refractivity contribution is 9.10. The second-order valence-electron chi connectivity index (χ2n) is 7.05. The molecule has 0 radical (unpaired) electrons. The van der Waals surface area contributed by atoms with Crippen LogP contribution in [0.1, 0.15) is 18.1 Å². The molecule has 2 amide bonds. The van der Waals surface area contributed by atoms with Crippen LogP contribution < -0.4 is 9.62 Å². The van der Waals surface area contributed by atoms with Crippen LogP contribution in [0.2, 0.25) is 0 Å². The Bertz CT molecular complexity index is 1030. The van der Waals surface area contributed by atoms with Gasteiger partial charge in [-0.1, -0.05) is 51.8 Å². The van der Waals surface area contributed by atoms with E-state index in [1.165, 1.54) is 11.9 Å². The number of carbonyl (C=O) groups is 2. The summed E-state index contributed by atoms with van der Waals surface area (Å²) in [6, 6.07) is 13.5. The number of hydrogen-bond acceptors (Lipinski definition) is 4. The first-order chi connectivity index (χ1) is 14.0. The molecular formula is C21H26BrN3O4S. The Morgan fingerprint density at radius 1 is 1.13 bits per heavy atom. The summed E-state index contributed by atoms with van der Waals surface area (Å²) in [5.74, 6) is -0.803. The van der Waals surface area contributed by atoms with Gasteiger partial charge in [-0.3, -0.25) is 13.9 Å². The number of nitrogens with one attached hydrogen (secondary N) is 1. The quantitative estimate of drug-likeness (QED) is 0.609. The number of aryl methyl sites for hydroxylation is 1. The fourth-order valence-corrected chi connectivity index (χ4v) is 4.27. The van der Waals surface area contributed by atoms with Crippen LogP contribution in [0, 0.1) is 6.92 Å². The van der Waals surface area contributed by atoms with E-state index in [-0.39, 0.29) is 12.5 Å². The van der Waals surface area contributed by atoms with Crippen LogP contribution in [-0.2, 0) is 26.2 Å². The second-order valence-corrected chi connectivity index (χ2v) is 9.87. The topological polar surface area (TPSA) is 86.8 Å². The molecule has 0 aliphatic carbocycles. The normalized spacial score (nSPS) is 12.2. The number of benzene rings is 2. The van der Waals surface area contributed by atoms with Crippen LogP contribution in [0.5, 0.6) is 0 Å². The van der Waals surface area contributed by atoms with Crippen molar-refractivity contribution >= 4 is 43.5 Å². The number of rotatable bonds is 8. The number of sulfonamides is 1. The third kappa shape index (κ3) is 6.30. The number of nitrogens with zero attached hydrogens (tertiary/aromatic N) is 2. The van der Waals surface area contributed by atoms with Crippen LogP contribution in [0.25, 0.3) is 0 Å². The predicted molar refractivity (Wildman–Crippen MR) is 122 cm³/mol. The number of halogens is 1. The maximum atomic E-state index is 13.2. The zero-order valence-corrected chi connectivity index (χ0v) is 19.8. The van der Waals surface area contributed by atoms with Crippen molar-refractivity contribution in [3.63, 3.8) is 0 Å². The van der Waals surface area contributed by atoms with Gasteiger partial charge < -0.3 is 10.2 Å². The standard InChI is InChI=1S/C21H26BrN3O4S/c1-15-7-5-8-17(11-15)13-24(16(2)21(27)23-3)20(26)14-25(30(4,28)29)19-10-6-9-18(22)12-19/h5-12,16H,13-14H2,1-4H3,(H,23,27)/t16-/m0/s1. The first kappa shape index (κ1) is 23.9. The predicted octanol–water partition coefficient (Wildman–Crippen LogP) is 2.69. The maximum Gasteiger partial charge on any atom is 0.244 e. The van der Waals surface area contributed by atoms with Gasteiger partial charge in [0, 0.05) is 18.1 Å². The molecule has 30 heavy (non-hydrogen) atoms. The molecular weight excluding hydrogens is 470 g/mol. The summed E-state index contributed by atoms with van der Waals surface area (Å²) >= 11 is 3.33. The molecule has 0 fully saturated rings. The van der Waals surface area contributed by atoms with E-state index in [0.717, 1.165) is 21.7 Å². The lowest BCUT2D eigenvalue weighted by Gasteiger charge is -2.31. The molecule has 0 aliphatic rings. The molecule has 0 aromatic heterocycles. The number of amides is 2. The zero-order valence-electron chi connectivity index (χ0n) is 17.4. The Kier molecular flexibility index (Phi) is 8.03. The van der Waals surface area contributed by atoms with E-state index in [1.54, 1.807) is 31.2 Å². The Labute approximate surface area is 186 Å². The molecule has 0 spiro atoms. The fraction of sp³-hybridized carbons (Fsp3) is 0.333. The van der Waals surface area contributed by atoms with Crippen molar-refractivity contribution < 1.29 is 18.0 Å². The summed E-state index contributed by atoms with van der Waals surface area (Å²) < 4.78 is 26.6. The van der Waals surface area contributed by atoms with E-state index < -0.39 is 28.5 Å². The first-order valence-electron chi connectivity index (χ1n) is 9.33. The van der Waals surface area contributed by atoms with Gasteiger partial charge in [-0.2, -0.15) is 0 Å². The lowest BCUT2D eigenvalue weighted by atomic mass is 10.1. The van der Waals surface area contributed by atoms with Crippen molar-refractivity contribution in [3.05, 3.63) is 64.1 Å². The molecule has 1 N–H and O–H groups in total. The summed E-state index contributed by atoms with van der Waals surface area (Å²) in [5.41, 5.74) is 2.25. The van der Waals surface area contributed by atoms with Gasteiger partial charge in [-0.25, -0.2) is 8.42 Å². The SMILES string of the molecule is CNC(=O)[C@H](C)N(Cc1cccc(C)c1)C(=O)CN(c1cccc(Br)c1)S(C)(=O)=O. The smallest absolute Gasteiger partial charge is 0.244 e. The summed E-state index contributed by atoms with van der Waals surface area (Å²) in [6.45, 7) is 3.33. The Hall–Kier alpha value is -2.39. The molecule has 0 saturated heterocycles. The molecule has 2 aromatic carbocycles. The zero-order chi connectivity index (χ0) is 22.5. The van der Waals surface area contributed by atoms with Crippen LogP contribution in [0.3, 0.4) is 0 Å². The maximum absolute atomic E-state index is 13.2. The van der Waals surface area contributed by atoms with Gasteiger partial charge in [0.1, 0.15) is 12.6 Å². The molecule has 162 valence electrons. The van der Waals surface area contributed by atoms with E-state index in [0.29, 0.717) is 10.2 Å². The number of likely N-dealkylation sites (N-methyl/N-ethyl adjacent to an activating group) is 1. The van der Waals surface area contributed by atoms with Gasteiger partial charge in [-0.15, -0.1) is 0 Å². The average Bonchev–Trinajstić information content (AvgIpc) is 2.68. The third-order valence-corrected chi connectivity index (χ3v) is 6.26. The number of hydrogen-bond donors (Lipinski definition) is 1. The molecule has 1 atom stereocenters. The minimum Gasteiger partial charge on any atom is -0.357 e. The van der Waals surface area contributed by atoms with Gasteiger partial charge in [0.2, 0.25) is 21.8 Å². The molecule has 0 heterocycles. The minimum absolute atomic E-state index is 0.186. The lowest BCUT2D eigenvalue weighted by molar-refractivity contribution is -0.139. The van der Waals surface area contributed by atoms with Crippen molar-refractivity contribution in [3.8, 4) is 0 Å². The van der Waals surface area contributed by atoms with Crippen LogP contribution in [-0.4, -0.2) is 51.0 Å².